The van der Waals surface area contributed by atoms with E-state index in [4.69, 9.17) is 4.74 Å². The van der Waals surface area contributed by atoms with Crippen LogP contribution >= 0.6 is 0 Å². The number of esters is 1. The number of allylic oxidation sites excluding steroid dienone is 3. The summed E-state index contributed by atoms with van der Waals surface area (Å²) in [5, 5.41) is 9.60. The summed E-state index contributed by atoms with van der Waals surface area (Å²) < 4.78 is 10.4. The number of rotatable bonds is 5. The molecule has 4 heteroatoms. The predicted molar refractivity (Wildman–Crippen MR) is 76.0 cm³/mol. The van der Waals surface area contributed by atoms with E-state index in [-0.39, 0.29) is 18.6 Å². The van der Waals surface area contributed by atoms with Crippen molar-refractivity contribution in [1.29, 1.82) is 0 Å². The summed E-state index contributed by atoms with van der Waals surface area (Å²) in [4.78, 5) is 11.2. The van der Waals surface area contributed by atoms with Gasteiger partial charge in [0, 0.05) is 6.42 Å². The van der Waals surface area contributed by atoms with E-state index in [1.54, 1.807) is 0 Å². The highest BCUT2D eigenvalue weighted by Gasteiger charge is 2.19. The van der Waals surface area contributed by atoms with Gasteiger partial charge in [-0.25, -0.2) is 4.79 Å². The lowest BCUT2D eigenvalue weighted by atomic mass is 9.99. The maximum Gasteiger partial charge on any atom is 0.335 e. The second-order valence-electron chi connectivity index (χ2n) is 4.88. The minimum atomic E-state index is -1.10. The highest BCUT2D eigenvalue weighted by Crippen LogP contribution is 2.20. The summed E-state index contributed by atoms with van der Waals surface area (Å²) in [5.41, 5.74) is 0.932. The normalized spacial score (nSPS) is 26.2. The van der Waals surface area contributed by atoms with Crippen LogP contribution in [-0.2, 0) is 14.3 Å². The largest absolute Gasteiger partial charge is 0.467 e. The van der Waals surface area contributed by atoms with E-state index in [1.165, 1.54) is 7.11 Å². The molecule has 0 bridgehead atoms. The molecule has 2 rings (SSSR count). The van der Waals surface area contributed by atoms with Crippen LogP contribution in [0.15, 0.2) is 48.1 Å². The molecule has 20 heavy (non-hydrogen) atoms. The summed E-state index contributed by atoms with van der Waals surface area (Å²) in [6.45, 7) is 0. The fourth-order valence-electron chi connectivity index (χ4n) is 2.22. The molecule has 0 spiro atoms. The lowest BCUT2D eigenvalue weighted by molar-refractivity contribution is -0.150. The average molecular weight is 276 g/mol. The van der Waals surface area contributed by atoms with Crippen molar-refractivity contribution in [2.75, 3.05) is 7.11 Å². The number of methoxy groups -OCH3 is 1. The van der Waals surface area contributed by atoms with Crippen molar-refractivity contribution >= 4 is 5.97 Å². The smallest absolute Gasteiger partial charge is 0.335 e. The number of hydrogen-bond donors (Lipinski definition) is 1. The predicted octanol–water partition coefficient (Wildman–Crippen LogP) is 2.07. The maximum absolute atomic E-state index is 11.2. The highest BCUT2D eigenvalue weighted by atomic mass is 16.5. The van der Waals surface area contributed by atoms with E-state index in [2.05, 4.69) is 10.8 Å². The van der Waals surface area contributed by atoms with Gasteiger partial charge in [-0.05, 0) is 18.4 Å². The monoisotopic (exact) mass is 276 g/mol. The van der Waals surface area contributed by atoms with E-state index in [1.807, 2.05) is 36.5 Å². The molecule has 3 atom stereocenters. The molecular formula is C16H20O4. The number of hydrogen-bond acceptors (Lipinski definition) is 4. The molecule has 0 heterocycles. The van der Waals surface area contributed by atoms with Gasteiger partial charge in [0.2, 0.25) is 0 Å². The van der Waals surface area contributed by atoms with Gasteiger partial charge in [0.1, 0.15) is 0 Å². The lowest BCUT2D eigenvalue weighted by Crippen LogP contribution is -2.23. The van der Waals surface area contributed by atoms with Crippen LogP contribution in [0.1, 0.15) is 19.3 Å². The van der Waals surface area contributed by atoms with Gasteiger partial charge in [0.25, 0.3) is 0 Å². The molecule has 4 nitrogen and oxygen atoms in total. The number of aliphatic hydroxyl groups is 1. The van der Waals surface area contributed by atoms with Crippen molar-refractivity contribution in [2.24, 2.45) is 0 Å². The zero-order chi connectivity index (χ0) is 14.4. The van der Waals surface area contributed by atoms with Crippen LogP contribution in [-0.4, -0.2) is 36.5 Å². The molecule has 0 aromatic heterocycles. The van der Waals surface area contributed by atoms with E-state index in [9.17, 15) is 9.90 Å². The van der Waals surface area contributed by atoms with Crippen molar-refractivity contribution in [1.82, 2.24) is 0 Å². The first-order valence-corrected chi connectivity index (χ1v) is 6.81. The zero-order valence-corrected chi connectivity index (χ0v) is 11.6. The molecule has 108 valence electrons. The van der Waals surface area contributed by atoms with E-state index in [0.29, 0.717) is 0 Å². The Labute approximate surface area is 119 Å². The Bertz CT molecular complexity index is 459. The van der Waals surface area contributed by atoms with Crippen LogP contribution in [0.5, 0.6) is 0 Å². The molecule has 1 N–H and O–H groups in total. The fourth-order valence-corrected chi connectivity index (χ4v) is 2.22. The molecule has 2 aliphatic rings. The summed E-state index contributed by atoms with van der Waals surface area (Å²) in [6.07, 6.45) is 15.1. The van der Waals surface area contributed by atoms with Crippen LogP contribution in [0.2, 0.25) is 0 Å². The van der Waals surface area contributed by atoms with Crippen LogP contribution < -0.4 is 0 Å². The van der Waals surface area contributed by atoms with Crippen molar-refractivity contribution in [3.8, 4) is 0 Å². The molecule has 0 aromatic carbocycles. The molecule has 2 aliphatic carbocycles. The molecule has 3 unspecified atom stereocenters. The second kappa shape index (κ2) is 7.22. The quantitative estimate of drug-likeness (QED) is 0.781. The van der Waals surface area contributed by atoms with Crippen molar-refractivity contribution in [3.05, 3.63) is 48.1 Å². The summed E-state index contributed by atoms with van der Waals surface area (Å²) in [7, 11) is 1.27. The SMILES string of the molecule is COC(=O)C(O)CC1=CCC(OC2C=CC=CC2)C=C1. The molecule has 0 aliphatic heterocycles. The van der Waals surface area contributed by atoms with Crippen LogP contribution in [0, 0.1) is 0 Å². The minimum absolute atomic E-state index is 0.0511. The van der Waals surface area contributed by atoms with Crippen LogP contribution in [0.3, 0.4) is 0 Å². The topological polar surface area (TPSA) is 55.8 Å². The zero-order valence-electron chi connectivity index (χ0n) is 11.6. The van der Waals surface area contributed by atoms with Gasteiger partial charge in [-0.15, -0.1) is 0 Å². The maximum atomic E-state index is 11.2. The van der Waals surface area contributed by atoms with Gasteiger partial charge < -0.3 is 14.6 Å². The first-order chi connectivity index (χ1) is 9.69. The Kier molecular flexibility index (Phi) is 5.32. The second-order valence-corrected chi connectivity index (χ2v) is 4.88. The Morgan fingerprint density at radius 3 is 2.75 bits per heavy atom. The number of carbonyl (C=O) groups is 1. The van der Waals surface area contributed by atoms with E-state index >= 15 is 0 Å². The van der Waals surface area contributed by atoms with E-state index < -0.39 is 12.1 Å². The van der Waals surface area contributed by atoms with Crippen molar-refractivity contribution < 1.29 is 19.4 Å². The Balaban J connectivity index is 1.79. The van der Waals surface area contributed by atoms with Gasteiger partial charge in [0.05, 0.1) is 19.3 Å². The highest BCUT2D eigenvalue weighted by molar-refractivity contribution is 5.74. The van der Waals surface area contributed by atoms with Gasteiger partial charge in [-0.2, -0.15) is 0 Å². The number of aliphatic hydroxyl groups excluding tert-OH is 1. The summed E-state index contributed by atoms with van der Waals surface area (Å²) in [6, 6.07) is 0. The minimum Gasteiger partial charge on any atom is -0.467 e. The first kappa shape index (κ1) is 14.8. The van der Waals surface area contributed by atoms with Crippen LogP contribution in [0.25, 0.3) is 0 Å². The third kappa shape index (κ3) is 4.18. The standard InChI is InChI=1S/C16H20O4/c1-19-16(18)15(17)11-12-7-9-14(10-8-12)20-13-5-3-2-4-6-13/h2-5,7-9,13-15,17H,6,10-11H2,1H3. The van der Waals surface area contributed by atoms with Gasteiger partial charge in [-0.3, -0.25) is 0 Å². The van der Waals surface area contributed by atoms with Gasteiger partial charge in [0.15, 0.2) is 6.10 Å². The van der Waals surface area contributed by atoms with Crippen molar-refractivity contribution in [3.63, 3.8) is 0 Å². The molecule has 0 aromatic rings. The summed E-state index contributed by atoms with van der Waals surface area (Å²) in [5.74, 6) is -0.600. The molecule has 0 fully saturated rings. The molecule has 0 amide bonds. The van der Waals surface area contributed by atoms with E-state index in [0.717, 1.165) is 18.4 Å². The average Bonchev–Trinajstić information content (AvgIpc) is 2.49. The number of carbonyl (C=O) groups excluding carboxylic acids is 1. The Hall–Kier alpha value is -1.65. The molecule has 0 radical (unpaired) electrons. The lowest BCUT2D eigenvalue weighted by Gasteiger charge is -2.23. The number of ether oxygens (including phenoxy) is 2. The third-order valence-electron chi connectivity index (χ3n) is 3.33. The fraction of sp³-hybridized carbons (Fsp3) is 0.438. The molecule has 0 saturated carbocycles. The van der Waals surface area contributed by atoms with Crippen LogP contribution in [0.4, 0.5) is 0 Å². The Morgan fingerprint density at radius 1 is 1.35 bits per heavy atom. The summed E-state index contributed by atoms with van der Waals surface area (Å²) >= 11 is 0. The van der Waals surface area contributed by atoms with Gasteiger partial charge >= 0.3 is 5.97 Å². The molecule has 0 saturated heterocycles. The first-order valence-electron chi connectivity index (χ1n) is 6.81. The molecular weight excluding hydrogens is 256 g/mol. The third-order valence-corrected chi connectivity index (χ3v) is 3.33. The van der Waals surface area contributed by atoms with Gasteiger partial charge in [-0.1, -0.05) is 42.5 Å². The van der Waals surface area contributed by atoms with Crippen molar-refractivity contribution in [2.45, 2.75) is 37.6 Å². The Morgan fingerprint density at radius 2 is 2.15 bits per heavy atom.